The third-order valence-electron chi connectivity index (χ3n) is 6.84. The summed E-state index contributed by atoms with van der Waals surface area (Å²) in [6.45, 7) is 12.2. The number of carbonyl (C=O) groups is 1. The topological polar surface area (TPSA) is 67.2 Å². The van der Waals surface area contributed by atoms with Gasteiger partial charge in [0, 0.05) is 25.8 Å². The molecule has 0 spiro atoms. The smallest absolute Gasteiger partial charge is 0.267 e. The lowest BCUT2D eigenvalue weighted by Gasteiger charge is -2.36. The van der Waals surface area contributed by atoms with Crippen LogP contribution in [-0.4, -0.2) is 56.4 Å². The Kier molecular flexibility index (Phi) is 8.52. The van der Waals surface area contributed by atoms with Crippen molar-refractivity contribution in [1.82, 2.24) is 14.3 Å². The average molecular weight is 529 g/mol. The molecule has 0 N–H and O–H groups in total. The molecule has 2 aromatic rings. The number of carbonyl (C=O) groups excluding carboxylic acids is 1. The Balaban J connectivity index is 1.75. The van der Waals surface area contributed by atoms with Crippen LogP contribution in [0.5, 0.6) is 0 Å². The highest BCUT2D eigenvalue weighted by molar-refractivity contribution is 8.26. The van der Waals surface area contributed by atoms with E-state index in [1.54, 1.807) is 21.6 Å². The molecule has 4 rings (SSSR count). The molecule has 36 heavy (non-hydrogen) atoms. The van der Waals surface area contributed by atoms with Crippen LogP contribution >= 0.6 is 24.0 Å². The lowest BCUT2D eigenvalue weighted by Crippen LogP contribution is -2.46. The number of thiocarbonyl (C=S) groups is 1. The van der Waals surface area contributed by atoms with Crippen LogP contribution in [-0.2, 0) is 9.53 Å². The van der Waals surface area contributed by atoms with E-state index in [9.17, 15) is 9.59 Å². The molecule has 1 amide bonds. The molecule has 3 unspecified atom stereocenters. The maximum absolute atomic E-state index is 13.8. The molecule has 0 aromatic carbocycles. The highest BCUT2D eigenvalue weighted by Crippen LogP contribution is 2.35. The average Bonchev–Trinajstić information content (AvgIpc) is 3.10. The first kappa shape index (κ1) is 26.8. The molecule has 0 aliphatic carbocycles. The normalized spacial score (nSPS) is 22.8. The number of thioether (sulfide) groups is 1. The van der Waals surface area contributed by atoms with Crippen LogP contribution in [0.1, 0.15) is 64.5 Å². The summed E-state index contributed by atoms with van der Waals surface area (Å²) in [5.41, 5.74) is 1.77. The zero-order chi connectivity index (χ0) is 26.0. The zero-order valence-corrected chi connectivity index (χ0v) is 23.5. The lowest BCUT2D eigenvalue weighted by atomic mass is 9.99. The Morgan fingerprint density at radius 3 is 2.61 bits per heavy atom. The van der Waals surface area contributed by atoms with Gasteiger partial charge in [-0.2, -0.15) is 0 Å². The van der Waals surface area contributed by atoms with E-state index in [0.717, 1.165) is 31.2 Å². The first-order valence-electron chi connectivity index (χ1n) is 12.9. The summed E-state index contributed by atoms with van der Waals surface area (Å²) in [4.78, 5) is 36.4. The van der Waals surface area contributed by atoms with E-state index in [1.165, 1.54) is 11.8 Å². The summed E-state index contributed by atoms with van der Waals surface area (Å²) in [6.07, 6.45) is 7.87. The van der Waals surface area contributed by atoms with Gasteiger partial charge in [0.15, 0.2) is 0 Å². The predicted molar refractivity (Wildman–Crippen MR) is 152 cm³/mol. The maximum atomic E-state index is 13.8. The number of nitrogens with zero attached hydrogens (tertiary/aromatic N) is 4. The SMILES string of the molecule is CCCCC(CC)CN1C(=O)/C(=C\c2c(N3CC(C)OC(C)C3)nc3ccc(C)cn3c2=O)SC1=S. The van der Waals surface area contributed by atoms with Gasteiger partial charge < -0.3 is 9.64 Å². The number of hydrogen-bond donors (Lipinski definition) is 0. The van der Waals surface area contributed by atoms with E-state index in [0.29, 0.717) is 51.8 Å². The van der Waals surface area contributed by atoms with E-state index in [2.05, 4.69) is 18.7 Å². The molecule has 2 aromatic heterocycles. The first-order valence-corrected chi connectivity index (χ1v) is 14.1. The molecule has 9 heteroatoms. The third kappa shape index (κ3) is 5.68. The quantitative estimate of drug-likeness (QED) is 0.351. The van der Waals surface area contributed by atoms with Gasteiger partial charge in [0.05, 0.1) is 22.7 Å². The Labute approximate surface area is 222 Å². The fourth-order valence-corrected chi connectivity index (χ4v) is 6.19. The van der Waals surface area contributed by atoms with Gasteiger partial charge in [0.1, 0.15) is 15.8 Å². The summed E-state index contributed by atoms with van der Waals surface area (Å²) < 4.78 is 8.04. The minimum absolute atomic E-state index is 0.00665. The standard InChI is InChI=1S/C27H36N4O3S2/c1-6-8-9-20(7-2)16-31-26(33)22(36-27(31)35)12-21-24(29-14-18(4)34-19(5)15-29)28-23-11-10-17(3)13-30(23)25(21)32/h10-13,18-20H,6-9,14-16H2,1-5H3/b22-12+. The summed E-state index contributed by atoms with van der Waals surface area (Å²) in [7, 11) is 0. The second kappa shape index (κ2) is 11.4. The van der Waals surface area contributed by atoms with Crippen molar-refractivity contribution < 1.29 is 9.53 Å². The molecule has 0 saturated carbocycles. The first-order chi connectivity index (χ1) is 17.2. The highest BCUT2D eigenvalue weighted by Gasteiger charge is 2.34. The van der Waals surface area contributed by atoms with Crippen molar-refractivity contribution in [2.24, 2.45) is 5.92 Å². The third-order valence-corrected chi connectivity index (χ3v) is 8.22. The molecular formula is C27H36N4O3S2. The fourth-order valence-electron chi connectivity index (χ4n) is 4.93. The van der Waals surface area contributed by atoms with Gasteiger partial charge in [0.2, 0.25) is 0 Å². The van der Waals surface area contributed by atoms with Crippen molar-refractivity contribution in [3.05, 3.63) is 44.7 Å². The number of amides is 1. The molecule has 7 nitrogen and oxygen atoms in total. The number of ether oxygens (including phenoxy) is 1. The van der Waals surface area contributed by atoms with Crippen LogP contribution in [0, 0.1) is 12.8 Å². The molecule has 3 atom stereocenters. The molecule has 0 radical (unpaired) electrons. The van der Waals surface area contributed by atoms with Crippen molar-refractivity contribution in [2.75, 3.05) is 24.5 Å². The highest BCUT2D eigenvalue weighted by atomic mass is 32.2. The number of pyridine rings is 1. The maximum Gasteiger partial charge on any atom is 0.267 e. The Morgan fingerprint density at radius 2 is 1.94 bits per heavy atom. The lowest BCUT2D eigenvalue weighted by molar-refractivity contribution is -0.122. The van der Waals surface area contributed by atoms with Gasteiger partial charge in [-0.1, -0.05) is 63.2 Å². The second-order valence-corrected chi connectivity index (χ2v) is 11.6. The van der Waals surface area contributed by atoms with E-state index < -0.39 is 0 Å². The molecule has 194 valence electrons. The van der Waals surface area contributed by atoms with E-state index in [-0.39, 0.29) is 23.7 Å². The Hall–Kier alpha value is -2.23. The number of fused-ring (bicyclic) bond motifs is 1. The van der Waals surface area contributed by atoms with E-state index in [4.69, 9.17) is 21.9 Å². The molecule has 2 fully saturated rings. The Morgan fingerprint density at radius 1 is 1.22 bits per heavy atom. The summed E-state index contributed by atoms with van der Waals surface area (Å²) in [5.74, 6) is 0.878. The van der Waals surface area contributed by atoms with Crippen molar-refractivity contribution in [1.29, 1.82) is 0 Å². The monoisotopic (exact) mass is 528 g/mol. The van der Waals surface area contributed by atoms with Crippen molar-refractivity contribution >= 4 is 51.7 Å². The van der Waals surface area contributed by atoms with Crippen LogP contribution in [0.4, 0.5) is 5.82 Å². The Bertz CT molecular complexity index is 1230. The predicted octanol–water partition coefficient (Wildman–Crippen LogP) is 5.03. The number of hydrogen-bond acceptors (Lipinski definition) is 7. The largest absolute Gasteiger partial charge is 0.372 e. The van der Waals surface area contributed by atoms with Crippen LogP contribution < -0.4 is 10.5 Å². The molecule has 0 bridgehead atoms. The number of aryl methyl sites for hydroxylation is 1. The number of aromatic nitrogens is 2. The van der Waals surface area contributed by atoms with Gasteiger partial charge in [0.25, 0.3) is 11.5 Å². The summed E-state index contributed by atoms with van der Waals surface area (Å²) in [6, 6.07) is 3.81. The van der Waals surface area contributed by atoms with E-state index >= 15 is 0 Å². The van der Waals surface area contributed by atoms with Gasteiger partial charge in [-0.15, -0.1) is 0 Å². The van der Waals surface area contributed by atoms with Gasteiger partial charge >= 0.3 is 0 Å². The van der Waals surface area contributed by atoms with E-state index in [1.807, 2.05) is 32.9 Å². The molecule has 2 saturated heterocycles. The van der Waals surface area contributed by atoms with Crippen LogP contribution in [0.25, 0.3) is 11.7 Å². The minimum Gasteiger partial charge on any atom is -0.372 e. The number of rotatable bonds is 8. The van der Waals surface area contributed by atoms with Crippen molar-refractivity contribution in [2.45, 2.75) is 72.5 Å². The minimum atomic E-state index is -0.190. The number of unbranched alkanes of at least 4 members (excludes halogenated alkanes) is 1. The molecule has 2 aliphatic rings. The van der Waals surface area contributed by atoms with Crippen molar-refractivity contribution in [3.63, 3.8) is 0 Å². The second-order valence-electron chi connectivity index (χ2n) is 9.96. The molecule has 4 heterocycles. The number of morpholine rings is 1. The summed E-state index contributed by atoms with van der Waals surface area (Å²) in [5, 5.41) is 0. The van der Waals surface area contributed by atoms with Gasteiger partial charge in [-0.25, -0.2) is 4.98 Å². The van der Waals surface area contributed by atoms with Crippen LogP contribution in [0.3, 0.4) is 0 Å². The van der Waals surface area contributed by atoms with Gasteiger partial charge in [-0.05, 0) is 50.8 Å². The van der Waals surface area contributed by atoms with Crippen molar-refractivity contribution in [3.8, 4) is 0 Å². The summed E-state index contributed by atoms with van der Waals surface area (Å²) >= 11 is 6.88. The number of anilines is 1. The van der Waals surface area contributed by atoms with Crippen LogP contribution in [0.15, 0.2) is 28.0 Å². The fraction of sp³-hybridized carbons (Fsp3) is 0.556. The van der Waals surface area contributed by atoms with Crippen LogP contribution in [0.2, 0.25) is 0 Å². The zero-order valence-electron chi connectivity index (χ0n) is 21.8. The van der Waals surface area contributed by atoms with Gasteiger partial charge in [-0.3, -0.25) is 18.9 Å². The molecule has 2 aliphatic heterocycles. The molecular weight excluding hydrogens is 492 g/mol.